The minimum atomic E-state index is -3.52. The van der Waals surface area contributed by atoms with Crippen LogP contribution in [-0.2, 0) is 23.0 Å². The van der Waals surface area contributed by atoms with Gasteiger partial charge < -0.3 is 4.90 Å². The van der Waals surface area contributed by atoms with E-state index >= 15 is 0 Å². The van der Waals surface area contributed by atoms with E-state index in [1.54, 1.807) is 6.07 Å². The standard InChI is InChI=1S/C14H20N4O2S2/c1-5-11-6-7-14(21-11)22(19,20)15-9-12-16-10(2)8-13(17-12)18(3)4/h6-8,15H,5,9H2,1-4H3. The van der Waals surface area contributed by atoms with Gasteiger partial charge >= 0.3 is 0 Å². The molecule has 2 heterocycles. The number of hydrogen-bond acceptors (Lipinski definition) is 6. The van der Waals surface area contributed by atoms with Crippen LogP contribution in [0.25, 0.3) is 0 Å². The first-order chi connectivity index (χ1) is 10.3. The zero-order valence-electron chi connectivity index (χ0n) is 13.1. The Balaban J connectivity index is 2.15. The molecular formula is C14H20N4O2S2. The molecule has 0 saturated carbocycles. The van der Waals surface area contributed by atoms with Crippen LogP contribution in [0.15, 0.2) is 22.4 Å². The Morgan fingerprint density at radius 2 is 2.00 bits per heavy atom. The fourth-order valence-electron chi connectivity index (χ4n) is 1.84. The number of rotatable bonds is 6. The van der Waals surface area contributed by atoms with E-state index in [2.05, 4.69) is 14.7 Å². The van der Waals surface area contributed by atoms with Gasteiger partial charge in [0.1, 0.15) is 15.9 Å². The average Bonchev–Trinajstić information content (AvgIpc) is 2.94. The summed E-state index contributed by atoms with van der Waals surface area (Å²) in [5.41, 5.74) is 0.803. The van der Waals surface area contributed by atoms with E-state index in [9.17, 15) is 8.42 Å². The van der Waals surface area contributed by atoms with Gasteiger partial charge in [-0.25, -0.2) is 23.1 Å². The highest BCUT2D eigenvalue weighted by Gasteiger charge is 2.17. The van der Waals surface area contributed by atoms with Crippen molar-refractivity contribution in [1.82, 2.24) is 14.7 Å². The van der Waals surface area contributed by atoms with E-state index in [1.807, 2.05) is 45.0 Å². The molecule has 8 heteroatoms. The lowest BCUT2D eigenvalue weighted by atomic mass is 10.4. The molecule has 0 radical (unpaired) electrons. The molecule has 0 fully saturated rings. The SMILES string of the molecule is CCc1ccc(S(=O)(=O)NCc2nc(C)cc(N(C)C)n2)s1. The number of aryl methyl sites for hydroxylation is 2. The van der Waals surface area contributed by atoms with Gasteiger partial charge in [0.25, 0.3) is 0 Å². The fraction of sp³-hybridized carbons (Fsp3) is 0.429. The molecule has 120 valence electrons. The molecule has 0 aliphatic rings. The largest absolute Gasteiger partial charge is 0.363 e. The first kappa shape index (κ1) is 16.9. The lowest BCUT2D eigenvalue weighted by Gasteiger charge is -2.13. The first-order valence-corrected chi connectivity index (χ1v) is 9.22. The Bertz CT molecular complexity index is 754. The third-order valence-electron chi connectivity index (χ3n) is 3.02. The van der Waals surface area contributed by atoms with Crippen LogP contribution in [0.3, 0.4) is 0 Å². The smallest absolute Gasteiger partial charge is 0.250 e. The highest BCUT2D eigenvalue weighted by molar-refractivity contribution is 7.91. The van der Waals surface area contributed by atoms with Gasteiger partial charge in [-0.15, -0.1) is 11.3 Å². The van der Waals surface area contributed by atoms with E-state index in [4.69, 9.17) is 0 Å². The minimum Gasteiger partial charge on any atom is -0.363 e. The number of aromatic nitrogens is 2. The summed E-state index contributed by atoms with van der Waals surface area (Å²) in [6, 6.07) is 5.32. The van der Waals surface area contributed by atoms with Gasteiger partial charge in [-0.05, 0) is 25.5 Å². The van der Waals surface area contributed by atoms with Gasteiger partial charge in [-0.1, -0.05) is 6.92 Å². The second-order valence-electron chi connectivity index (χ2n) is 5.08. The van der Waals surface area contributed by atoms with Gasteiger partial charge in [-0.2, -0.15) is 0 Å². The fourth-order valence-corrected chi connectivity index (χ4v) is 4.16. The van der Waals surface area contributed by atoms with Crippen LogP contribution in [0.1, 0.15) is 23.3 Å². The summed E-state index contributed by atoms with van der Waals surface area (Å²) in [5, 5.41) is 0. The molecule has 0 bridgehead atoms. The topological polar surface area (TPSA) is 75.2 Å². The molecule has 0 aliphatic heterocycles. The van der Waals surface area contributed by atoms with E-state index in [-0.39, 0.29) is 6.54 Å². The van der Waals surface area contributed by atoms with E-state index < -0.39 is 10.0 Å². The molecule has 1 N–H and O–H groups in total. The number of hydrogen-bond donors (Lipinski definition) is 1. The summed E-state index contributed by atoms with van der Waals surface area (Å²) in [4.78, 5) is 11.5. The van der Waals surface area contributed by atoms with Gasteiger partial charge in [0.2, 0.25) is 10.0 Å². The predicted octanol–water partition coefficient (Wildman–Crippen LogP) is 1.95. The van der Waals surface area contributed by atoms with Crippen molar-refractivity contribution >= 4 is 27.2 Å². The van der Waals surface area contributed by atoms with Gasteiger partial charge in [0, 0.05) is 30.7 Å². The lowest BCUT2D eigenvalue weighted by molar-refractivity contribution is 0.581. The Morgan fingerprint density at radius 3 is 2.59 bits per heavy atom. The van der Waals surface area contributed by atoms with Crippen LogP contribution in [0.4, 0.5) is 5.82 Å². The molecular weight excluding hydrogens is 320 g/mol. The molecule has 0 saturated heterocycles. The second-order valence-corrected chi connectivity index (χ2v) is 8.24. The quantitative estimate of drug-likeness (QED) is 0.870. The maximum absolute atomic E-state index is 12.3. The minimum absolute atomic E-state index is 0.0736. The first-order valence-electron chi connectivity index (χ1n) is 6.92. The lowest BCUT2D eigenvalue weighted by Crippen LogP contribution is -2.24. The van der Waals surface area contributed by atoms with Crippen molar-refractivity contribution in [3.63, 3.8) is 0 Å². The van der Waals surface area contributed by atoms with Crippen molar-refractivity contribution < 1.29 is 8.42 Å². The van der Waals surface area contributed by atoms with Crippen molar-refractivity contribution in [2.24, 2.45) is 0 Å². The normalized spacial score (nSPS) is 11.6. The maximum atomic E-state index is 12.3. The number of sulfonamides is 1. The van der Waals surface area contributed by atoms with Crippen LogP contribution < -0.4 is 9.62 Å². The average molecular weight is 340 g/mol. The molecule has 2 aromatic rings. The van der Waals surface area contributed by atoms with Crippen LogP contribution in [0.5, 0.6) is 0 Å². The van der Waals surface area contributed by atoms with Crippen molar-refractivity contribution in [3.05, 3.63) is 34.6 Å². The summed E-state index contributed by atoms with van der Waals surface area (Å²) < 4.78 is 27.4. The number of nitrogens with zero attached hydrogens (tertiary/aromatic N) is 3. The van der Waals surface area contributed by atoms with E-state index in [0.717, 1.165) is 22.8 Å². The van der Waals surface area contributed by atoms with Crippen LogP contribution in [-0.4, -0.2) is 32.5 Å². The monoisotopic (exact) mass is 340 g/mol. The second kappa shape index (κ2) is 6.72. The zero-order valence-corrected chi connectivity index (χ0v) is 14.8. The third kappa shape index (κ3) is 4.02. The number of anilines is 1. The molecule has 0 aliphatic carbocycles. The molecule has 0 aromatic carbocycles. The van der Waals surface area contributed by atoms with E-state index in [0.29, 0.717) is 10.0 Å². The number of thiophene rings is 1. The summed E-state index contributed by atoms with van der Waals surface area (Å²) in [7, 11) is 0.246. The van der Waals surface area contributed by atoms with Crippen molar-refractivity contribution in [2.45, 2.75) is 31.0 Å². The summed E-state index contributed by atoms with van der Waals surface area (Å²) in [6.07, 6.45) is 0.827. The highest BCUT2D eigenvalue weighted by Crippen LogP contribution is 2.21. The molecule has 2 rings (SSSR count). The highest BCUT2D eigenvalue weighted by atomic mass is 32.2. The molecule has 22 heavy (non-hydrogen) atoms. The molecule has 0 unspecified atom stereocenters. The Hall–Kier alpha value is -1.51. The Kier molecular flexibility index (Phi) is 5.15. The van der Waals surface area contributed by atoms with Crippen LogP contribution >= 0.6 is 11.3 Å². The molecule has 0 spiro atoms. The summed E-state index contributed by atoms with van der Waals surface area (Å²) >= 11 is 1.29. The van der Waals surface area contributed by atoms with Gasteiger partial charge in [-0.3, -0.25) is 0 Å². The third-order valence-corrected chi connectivity index (χ3v) is 6.14. The van der Waals surface area contributed by atoms with Gasteiger partial charge in [0.05, 0.1) is 6.54 Å². The molecule has 6 nitrogen and oxygen atoms in total. The predicted molar refractivity (Wildman–Crippen MR) is 88.8 cm³/mol. The Morgan fingerprint density at radius 1 is 1.27 bits per heavy atom. The van der Waals surface area contributed by atoms with Crippen molar-refractivity contribution in [2.75, 3.05) is 19.0 Å². The summed E-state index contributed by atoms with van der Waals surface area (Å²) in [6.45, 7) is 3.93. The van der Waals surface area contributed by atoms with Crippen molar-refractivity contribution in [1.29, 1.82) is 0 Å². The van der Waals surface area contributed by atoms with E-state index in [1.165, 1.54) is 11.3 Å². The maximum Gasteiger partial charge on any atom is 0.250 e. The Labute approximate surface area is 135 Å². The zero-order chi connectivity index (χ0) is 16.3. The van der Waals surface area contributed by atoms with Gasteiger partial charge in [0.15, 0.2) is 0 Å². The molecule has 0 atom stereocenters. The number of nitrogens with one attached hydrogen (secondary N) is 1. The molecule has 0 amide bonds. The van der Waals surface area contributed by atoms with Crippen LogP contribution in [0, 0.1) is 6.92 Å². The molecule has 2 aromatic heterocycles. The van der Waals surface area contributed by atoms with Crippen molar-refractivity contribution in [3.8, 4) is 0 Å². The van der Waals surface area contributed by atoms with Crippen LogP contribution in [0.2, 0.25) is 0 Å². The summed E-state index contributed by atoms with van der Waals surface area (Å²) in [5.74, 6) is 1.21.